The minimum atomic E-state index is -0.157. The molecule has 0 aliphatic heterocycles. The molecule has 4 nitrogen and oxygen atoms in total. The number of hydrogen-bond acceptors (Lipinski definition) is 4. The fourth-order valence-electron chi connectivity index (χ4n) is 2.86. The topological polar surface area (TPSA) is 43.6 Å². The first kappa shape index (κ1) is 19.4. The summed E-state index contributed by atoms with van der Waals surface area (Å²) in [6, 6.07) is 0.451. The molecule has 0 N–H and O–H groups in total. The molecule has 0 atom stereocenters. The van der Waals surface area contributed by atoms with Gasteiger partial charge in [0.1, 0.15) is 0 Å². The van der Waals surface area contributed by atoms with Crippen LogP contribution in [0.25, 0.3) is 0 Å². The highest BCUT2D eigenvalue weighted by molar-refractivity contribution is 8.93. The lowest BCUT2D eigenvalue weighted by atomic mass is 10.1. The average Bonchev–Trinajstić information content (AvgIpc) is 2.65. The van der Waals surface area contributed by atoms with E-state index in [9.17, 15) is 4.79 Å². The number of nitrogens with zero attached hydrogens (tertiary/aromatic N) is 2. The fourth-order valence-corrected chi connectivity index (χ4v) is 3.91. The Balaban J connectivity index is 0.00000242. The Hall–Kier alpha value is -0.620. The van der Waals surface area contributed by atoms with Gasteiger partial charge in [-0.25, -0.2) is 0 Å². The zero-order valence-electron chi connectivity index (χ0n) is 13.8. The molecule has 126 valence electrons. The molecule has 0 unspecified atom stereocenters. The van der Waals surface area contributed by atoms with Gasteiger partial charge in [-0.15, -0.1) is 28.3 Å². The predicted octanol–water partition coefficient (Wildman–Crippen LogP) is 3.70. The Bertz CT molecular complexity index is 543. The van der Waals surface area contributed by atoms with Crippen LogP contribution in [0.5, 0.6) is 0 Å². The Morgan fingerprint density at radius 2 is 1.95 bits per heavy atom. The van der Waals surface area contributed by atoms with Crippen molar-refractivity contribution in [3.8, 4) is 0 Å². The number of hydrogen-bond donors (Lipinski definition) is 0. The van der Waals surface area contributed by atoms with Crippen molar-refractivity contribution >= 4 is 34.3 Å². The predicted molar refractivity (Wildman–Crippen MR) is 95.7 cm³/mol. The van der Waals surface area contributed by atoms with Crippen molar-refractivity contribution in [1.29, 1.82) is 0 Å². The van der Waals surface area contributed by atoms with Crippen LogP contribution in [0.15, 0.2) is 4.99 Å². The van der Waals surface area contributed by atoms with Gasteiger partial charge in [-0.05, 0) is 26.7 Å². The maximum Gasteiger partial charge on any atom is 0.311 e. The zero-order chi connectivity index (χ0) is 15.2. The minimum Gasteiger partial charge on any atom is -0.466 e. The third-order valence-corrected chi connectivity index (χ3v) is 5.18. The highest BCUT2D eigenvalue weighted by Gasteiger charge is 2.15. The SMILES string of the molecule is Br.CCOC(=O)Cc1c(C)sc(=NC2CCCCCC2)n1C. The quantitative estimate of drug-likeness (QED) is 0.580. The van der Waals surface area contributed by atoms with Crippen LogP contribution >= 0.6 is 28.3 Å². The average molecular weight is 391 g/mol. The van der Waals surface area contributed by atoms with Crippen LogP contribution < -0.4 is 4.80 Å². The molecular weight excluding hydrogens is 364 g/mol. The lowest BCUT2D eigenvalue weighted by molar-refractivity contribution is -0.142. The first-order valence-electron chi connectivity index (χ1n) is 7.96. The van der Waals surface area contributed by atoms with E-state index in [0.717, 1.165) is 15.4 Å². The summed E-state index contributed by atoms with van der Waals surface area (Å²) in [6.45, 7) is 4.33. The zero-order valence-corrected chi connectivity index (χ0v) is 16.3. The van der Waals surface area contributed by atoms with E-state index >= 15 is 0 Å². The van der Waals surface area contributed by atoms with Gasteiger partial charge in [-0.3, -0.25) is 9.79 Å². The molecule has 1 aliphatic rings. The Morgan fingerprint density at radius 3 is 2.55 bits per heavy atom. The van der Waals surface area contributed by atoms with Crippen LogP contribution in [0.1, 0.15) is 56.0 Å². The van der Waals surface area contributed by atoms with Gasteiger partial charge >= 0.3 is 5.97 Å². The first-order valence-corrected chi connectivity index (χ1v) is 8.78. The fraction of sp³-hybridized carbons (Fsp3) is 0.750. The van der Waals surface area contributed by atoms with Crippen molar-refractivity contribution in [1.82, 2.24) is 4.57 Å². The number of esters is 1. The summed E-state index contributed by atoms with van der Waals surface area (Å²) in [5.74, 6) is -0.157. The molecule has 1 saturated carbocycles. The Labute approximate surface area is 147 Å². The number of rotatable bonds is 4. The molecule has 0 aromatic carbocycles. The van der Waals surface area contributed by atoms with E-state index in [2.05, 4.69) is 11.5 Å². The Kier molecular flexibility index (Phi) is 8.39. The summed E-state index contributed by atoms with van der Waals surface area (Å²) in [4.78, 5) is 18.8. The highest BCUT2D eigenvalue weighted by atomic mass is 79.9. The van der Waals surface area contributed by atoms with E-state index < -0.39 is 0 Å². The van der Waals surface area contributed by atoms with Gasteiger partial charge in [0.2, 0.25) is 0 Å². The largest absolute Gasteiger partial charge is 0.466 e. The van der Waals surface area contributed by atoms with E-state index in [4.69, 9.17) is 9.73 Å². The van der Waals surface area contributed by atoms with Crippen molar-refractivity contribution < 1.29 is 9.53 Å². The molecule has 1 heterocycles. The summed E-state index contributed by atoms with van der Waals surface area (Å²) >= 11 is 1.69. The molecular formula is C16H27BrN2O2S. The molecule has 0 saturated heterocycles. The summed E-state index contributed by atoms with van der Waals surface area (Å²) in [7, 11) is 2.01. The lowest BCUT2D eigenvalue weighted by Crippen LogP contribution is -2.19. The first-order chi connectivity index (χ1) is 10.1. The maximum absolute atomic E-state index is 11.7. The minimum absolute atomic E-state index is 0. The van der Waals surface area contributed by atoms with Gasteiger partial charge < -0.3 is 9.30 Å². The second-order valence-corrected chi connectivity index (χ2v) is 6.88. The van der Waals surface area contributed by atoms with Crippen LogP contribution in [0.4, 0.5) is 0 Å². The van der Waals surface area contributed by atoms with E-state index in [1.165, 1.54) is 38.5 Å². The molecule has 2 rings (SSSR count). The monoisotopic (exact) mass is 390 g/mol. The summed E-state index contributed by atoms with van der Waals surface area (Å²) in [6.07, 6.45) is 8.00. The number of carbonyl (C=O) groups is 1. The van der Waals surface area contributed by atoms with Crippen molar-refractivity contribution in [3.63, 3.8) is 0 Å². The second kappa shape index (κ2) is 9.50. The molecule has 1 aromatic rings. The summed E-state index contributed by atoms with van der Waals surface area (Å²) < 4.78 is 7.12. The van der Waals surface area contributed by atoms with Crippen molar-refractivity contribution in [2.75, 3.05) is 6.61 Å². The van der Waals surface area contributed by atoms with Gasteiger partial charge in [0.15, 0.2) is 4.80 Å². The van der Waals surface area contributed by atoms with Gasteiger partial charge in [0.05, 0.1) is 19.1 Å². The van der Waals surface area contributed by atoms with E-state index in [0.29, 0.717) is 19.1 Å². The normalized spacial score (nSPS) is 17.0. The van der Waals surface area contributed by atoms with Crippen molar-refractivity contribution in [2.45, 2.75) is 64.8 Å². The Morgan fingerprint density at radius 1 is 1.32 bits per heavy atom. The summed E-state index contributed by atoms with van der Waals surface area (Å²) in [5.41, 5.74) is 1.03. The number of ether oxygens (including phenoxy) is 1. The molecule has 1 aromatic heterocycles. The number of aromatic nitrogens is 1. The molecule has 0 amide bonds. The molecule has 0 bridgehead atoms. The van der Waals surface area contributed by atoms with Crippen LogP contribution in [0.3, 0.4) is 0 Å². The second-order valence-electron chi connectivity index (χ2n) is 5.70. The molecule has 6 heteroatoms. The molecule has 0 radical (unpaired) electrons. The highest BCUT2D eigenvalue weighted by Crippen LogP contribution is 2.20. The van der Waals surface area contributed by atoms with E-state index in [1.54, 1.807) is 11.3 Å². The summed E-state index contributed by atoms with van der Waals surface area (Å²) in [5, 5.41) is 0. The third-order valence-electron chi connectivity index (χ3n) is 4.08. The van der Waals surface area contributed by atoms with Crippen LogP contribution in [-0.4, -0.2) is 23.2 Å². The maximum atomic E-state index is 11.7. The van der Waals surface area contributed by atoms with Crippen molar-refractivity contribution in [3.05, 3.63) is 15.4 Å². The van der Waals surface area contributed by atoms with Gasteiger partial charge in [-0.1, -0.05) is 25.7 Å². The van der Waals surface area contributed by atoms with Crippen molar-refractivity contribution in [2.24, 2.45) is 12.0 Å². The number of thiazole rings is 1. The van der Waals surface area contributed by atoms with Crippen LogP contribution in [0.2, 0.25) is 0 Å². The number of aryl methyl sites for hydroxylation is 1. The van der Waals surface area contributed by atoms with Crippen LogP contribution in [-0.2, 0) is 23.0 Å². The smallest absolute Gasteiger partial charge is 0.311 e. The number of carbonyl (C=O) groups excluding carboxylic acids is 1. The molecule has 22 heavy (non-hydrogen) atoms. The molecule has 1 fully saturated rings. The molecule has 0 spiro atoms. The van der Waals surface area contributed by atoms with Gasteiger partial charge in [-0.2, -0.15) is 0 Å². The van der Waals surface area contributed by atoms with Crippen LogP contribution in [0, 0.1) is 6.92 Å². The van der Waals surface area contributed by atoms with E-state index in [1.807, 2.05) is 14.0 Å². The van der Waals surface area contributed by atoms with Gasteiger partial charge in [0.25, 0.3) is 0 Å². The lowest BCUT2D eigenvalue weighted by Gasteiger charge is -2.08. The third kappa shape index (κ3) is 5.23. The number of halogens is 1. The van der Waals surface area contributed by atoms with E-state index in [-0.39, 0.29) is 23.0 Å². The van der Waals surface area contributed by atoms with Gasteiger partial charge in [0, 0.05) is 17.6 Å². The standard InChI is InChI=1S/C16H26N2O2S.BrH/c1-4-20-15(19)11-14-12(2)21-16(18(14)3)17-13-9-7-5-6-8-10-13;/h13H,4-11H2,1-3H3;1H. The molecule has 1 aliphatic carbocycles.